The summed E-state index contributed by atoms with van der Waals surface area (Å²) in [6, 6.07) is 14.8. The molecule has 2 amide bonds. The van der Waals surface area contributed by atoms with Gasteiger partial charge in [-0.2, -0.15) is 0 Å². The fourth-order valence-electron chi connectivity index (χ4n) is 2.83. The molecular weight excluding hydrogens is 370 g/mol. The first-order valence-corrected chi connectivity index (χ1v) is 8.54. The molecule has 2 aromatic carbocycles. The number of para-hydroxylation sites is 2. The number of amides is 2. The highest BCUT2D eigenvalue weighted by Gasteiger charge is 2.29. The lowest BCUT2D eigenvalue weighted by molar-refractivity contribution is -0.118. The molecule has 1 atom stereocenters. The molecule has 0 saturated heterocycles. The van der Waals surface area contributed by atoms with Gasteiger partial charge in [-0.1, -0.05) is 34.1 Å². The Hall–Kier alpha value is -2.34. The molecule has 1 aliphatic rings. The van der Waals surface area contributed by atoms with Crippen LogP contribution in [-0.4, -0.2) is 24.4 Å². The number of anilines is 3. The third-order valence-corrected chi connectivity index (χ3v) is 4.39. The molecule has 124 valence electrons. The number of benzene rings is 2. The number of rotatable bonds is 3. The Labute approximate surface area is 149 Å². The van der Waals surface area contributed by atoms with E-state index in [2.05, 4.69) is 26.6 Å². The van der Waals surface area contributed by atoms with Crippen molar-refractivity contribution in [3.05, 3.63) is 53.0 Å². The minimum atomic E-state index is -0.203. The van der Waals surface area contributed by atoms with Crippen LogP contribution in [0.15, 0.2) is 53.0 Å². The highest BCUT2D eigenvalue weighted by molar-refractivity contribution is 9.10. The van der Waals surface area contributed by atoms with Gasteiger partial charge in [0.15, 0.2) is 0 Å². The van der Waals surface area contributed by atoms with E-state index in [0.29, 0.717) is 5.69 Å². The standard InChI is InChI=1S/C18H18BrN3O2/c1-12-9-17(23)21-15-7-2-3-8-16(15)22(12)18(24)11-20-14-6-4-5-13(19)10-14/h2-8,10,12,20H,9,11H2,1H3,(H,21,23). The molecule has 1 aliphatic heterocycles. The fraction of sp³-hybridized carbons (Fsp3) is 0.222. The largest absolute Gasteiger partial charge is 0.376 e. The molecule has 0 bridgehead atoms. The first-order valence-electron chi connectivity index (χ1n) is 7.75. The first kappa shape index (κ1) is 16.5. The van der Waals surface area contributed by atoms with Crippen LogP contribution in [-0.2, 0) is 9.59 Å². The fourth-order valence-corrected chi connectivity index (χ4v) is 3.23. The van der Waals surface area contributed by atoms with E-state index in [1.165, 1.54) is 0 Å². The van der Waals surface area contributed by atoms with Gasteiger partial charge in [0.1, 0.15) is 0 Å². The van der Waals surface area contributed by atoms with Crippen LogP contribution >= 0.6 is 15.9 Å². The molecule has 1 unspecified atom stereocenters. The Balaban J connectivity index is 1.81. The van der Waals surface area contributed by atoms with Crippen molar-refractivity contribution in [2.24, 2.45) is 0 Å². The summed E-state index contributed by atoms with van der Waals surface area (Å²) in [7, 11) is 0. The molecule has 0 spiro atoms. The number of halogens is 1. The molecular formula is C18H18BrN3O2. The predicted octanol–water partition coefficient (Wildman–Crippen LogP) is 3.62. The van der Waals surface area contributed by atoms with Crippen molar-refractivity contribution < 1.29 is 9.59 Å². The molecule has 0 fully saturated rings. The van der Waals surface area contributed by atoms with Crippen LogP contribution in [0.1, 0.15) is 13.3 Å². The van der Waals surface area contributed by atoms with Gasteiger partial charge >= 0.3 is 0 Å². The third kappa shape index (κ3) is 3.59. The number of fused-ring (bicyclic) bond motifs is 1. The van der Waals surface area contributed by atoms with E-state index >= 15 is 0 Å². The SMILES string of the molecule is CC1CC(=O)Nc2ccccc2N1C(=O)CNc1cccc(Br)c1. The maximum absolute atomic E-state index is 12.8. The van der Waals surface area contributed by atoms with Gasteiger partial charge in [0.2, 0.25) is 11.8 Å². The zero-order valence-electron chi connectivity index (χ0n) is 13.3. The molecule has 1 heterocycles. The van der Waals surface area contributed by atoms with Crippen LogP contribution in [0.25, 0.3) is 0 Å². The van der Waals surface area contributed by atoms with Crippen LogP contribution in [0.2, 0.25) is 0 Å². The molecule has 6 heteroatoms. The molecule has 24 heavy (non-hydrogen) atoms. The van der Waals surface area contributed by atoms with Crippen molar-refractivity contribution in [2.75, 3.05) is 22.1 Å². The lowest BCUT2D eigenvalue weighted by Gasteiger charge is -2.28. The normalized spacial score (nSPS) is 16.8. The Bertz CT molecular complexity index is 778. The summed E-state index contributed by atoms with van der Waals surface area (Å²) >= 11 is 3.41. The van der Waals surface area contributed by atoms with Crippen molar-refractivity contribution in [3.63, 3.8) is 0 Å². The second-order valence-corrected chi connectivity index (χ2v) is 6.66. The molecule has 2 N–H and O–H groups in total. The molecule has 3 rings (SSSR count). The van der Waals surface area contributed by atoms with Gasteiger partial charge in [-0.3, -0.25) is 9.59 Å². The topological polar surface area (TPSA) is 61.4 Å². The van der Waals surface area contributed by atoms with Crippen LogP contribution in [0.3, 0.4) is 0 Å². The van der Waals surface area contributed by atoms with Gasteiger partial charge in [0, 0.05) is 22.6 Å². The summed E-state index contributed by atoms with van der Waals surface area (Å²) in [6.07, 6.45) is 0.275. The lowest BCUT2D eigenvalue weighted by atomic mass is 10.1. The quantitative estimate of drug-likeness (QED) is 0.844. The van der Waals surface area contributed by atoms with Crippen LogP contribution < -0.4 is 15.5 Å². The van der Waals surface area contributed by atoms with Gasteiger partial charge in [0.05, 0.1) is 17.9 Å². The highest BCUT2D eigenvalue weighted by atomic mass is 79.9. The Morgan fingerprint density at radius 1 is 1.29 bits per heavy atom. The maximum atomic E-state index is 12.8. The van der Waals surface area contributed by atoms with Gasteiger partial charge in [-0.25, -0.2) is 0 Å². The van der Waals surface area contributed by atoms with E-state index in [0.717, 1.165) is 15.8 Å². The van der Waals surface area contributed by atoms with Crippen molar-refractivity contribution in [1.29, 1.82) is 0 Å². The number of carbonyl (C=O) groups is 2. The zero-order chi connectivity index (χ0) is 17.1. The Morgan fingerprint density at radius 3 is 2.88 bits per heavy atom. The highest BCUT2D eigenvalue weighted by Crippen LogP contribution is 2.31. The number of hydrogen-bond acceptors (Lipinski definition) is 3. The monoisotopic (exact) mass is 387 g/mol. The molecule has 5 nitrogen and oxygen atoms in total. The molecule has 0 saturated carbocycles. The van der Waals surface area contributed by atoms with Crippen LogP contribution in [0.5, 0.6) is 0 Å². The number of nitrogens with one attached hydrogen (secondary N) is 2. The van der Waals surface area contributed by atoms with Gasteiger partial charge in [-0.05, 0) is 37.3 Å². The lowest BCUT2D eigenvalue weighted by Crippen LogP contribution is -2.42. The van der Waals surface area contributed by atoms with Crippen molar-refractivity contribution in [3.8, 4) is 0 Å². The number of hydrogen-bond donors (Lipinski definition) is 2. The van der Waals surface area contributed by atoms with E-state index in [9.17, 15) is 9.59 Å². The van der Waals surface area contributed by atoms with Gasteiger partial charge in [-0.15, -0.1) is 0 Å². The predicted molar refractivity (Wildman–Crippen MR) is 99.3 cm³/mol. The van der Waals surface area contributed by atoms with Crippen molar-refractivity contribution in [1.82, 2.24) is 0 Å². The summed E-state index contributed by atoms with van der Waals surface area (Å²) in [5, 5.41) is 6.00. The zero-order valence-corrected chi connectivity index (χ0v) is 14.8. The Morgan fingerprint density at radius 2 is 2.08 bits per heavy atom. The first-order chi connectivity index (χ1) is 11.5. The third-order valence-electron chi connectivity index (χ3n) is 3.90. The second kappa shape index (κ2) is 7.05. The summed E-state index contributed by atoms with van der Waals surface area (Å²) in [5.41, 5.74) is 2.27. The van der Waals surface area contributed by atoms with E-state index in [1.807, 2.05) is 55.5 Å². The van der Waals surface area contributed by atoms with E-state index in [4.69, 9.17) is 0 Å². The number of nitrogens with zero attached hydrogens (tertiary/aromatic N) is 1. The summed E-state index contributed by atoms with van der Waals surface area (Å²) in [4.78, 5) is 26.5. The Kier molecular flexibility index (Phi) is 4.85. The minimum Gasteiger partial charge on any atom is -0.376 e. The van der Waals surface area contributed by atoms with Gasteiger partial charge < -0.3 is 15.5 Å². The molecule has 2 aromatic rings. The average Bonchev–Trinajstić information content (AvgIpc) is 2.67. The van der Waals surface area contributed by atoms with E-state index in [1.54, 1.807) is 4.90 Å². The molecule has 0 aliphatic carbocycles. The smallest absolute Gasteiger partial charge is 0.246 e. The van der Waals surface area contributed by atoms with Crippen molar-refractivity contribution in [2.45, 2.75) is 19.4 Å². The van der Waals surface area contributed by atoms with E-state index < -0.39 is 0 Å². The van der Waals surface area contributed by atoms with E-state index in [-0.39, 0.29) is 30.8 Å². The second-order valence-electron chi connectivity index (χ2n) is 5.75. The average molecular weight is 388 g/mol. The summed E-state index contributed by atoms with van der Waals surface area (Å²) < 4.78 is 0.947. The van der Waals surface area contributed by atoms with Crippen molar-refractivity contribution >= 4 is 44.8 Å². The maximum Gasteiger partial charge on any atom is 0.246 e. The molecule has 0 aromatic heterocycles. The number of carbonyl (C=O) groups excluding carboxylic acids is 2. The summed E-state index contributed by atoms with van der Waals surface area (Å²) in [5.74, 6) is -0.156. The van der Waals surface area contributed by atoms with Crippen LogP contribution in [0.4, 0.5) is 17.1 Å². The van der Waals surface area contributed by atoms with Crippen LogP contribution in [0, 0.1) is 0 Å². The molecule has 0 radical (unpaired) electrons. The minimum absolute atomic E-state index is 0.0774. The van der Waals surface area contributed by atoms with Gasteiger partial charge in [0.25, 0.3) is 0 Å². The summed E-state index contributed by atoms with van der Waals surface area (Å²) in [6.45, 7) is 2.04.